The van der Waals surface area contributed by atoms with Crippen molar-refractivity contribution in [3.63, 3.8) is 0 Å². The molecular weight excluding hydrogens is 354 g/mol. The van der Waals surface area contributed by atoms with Crippen molar-refractivity contribution in [2.75, 3.05) is 6.61 Å². The number of halogens is 2. The number of amides is 1. The molecule has 0 saturated carbocycles. The van der Waals surface area contributed by atoms with Crippen molar-refractivity contribution in [3.05, 3.63) is 63.6 Å². The van der Waals surface area contributed by atoms with Gasteiger partial charge in [0.25, 0.3) is 5.91 Å². The van der Waals surface area contributed by atoms with Crippen molar-refractivity contribution >= 4 is 33.4 Å². The van der Waals surface area contributed by atoms with Crippen LogP contribution in [-0.4, -0.2) is 12.5 Å². The van der Waals surface area contributed by atoms with Gasteiger partial charge in [-0.25, -0.2) is 0 Å². The third kappa shape index (κ3) is 4.48. The van der Waals surface area contributed by atoms with Gasteiger partial charge in [0.15, 0.2) is 6.61 Å². The number of carbonyl (C=O) groups is 1. The number of hydrogen-bond acceptors (Lipinski definition) is 2. The van der Waals surface area contributed by atoms with Crippen LogP contribution in [0.3, 0.4) is 0 Å². The van der Waals surface area contributed by atoms with Gasteiger partial charge in [0, 0.05) is 5.02 Å². The molecule has 2 rings (SSSR count). The van der Waals surface area contributed by atoms with E-state index >= 15 is 0 Å². The molecule has 0 saturated heterocycles. The summed E-state index contributed by atoms with van der Waals surface area (Å²) in [6.07, 6.45) is 0. The molecule has 1 atom stereocenters. The number of ether oxygens (including phenoxy) is 1. The van der Waals surface area contributed by atoms with Crippen LogP contribution in [0.15, 0.2) is 53.0 Å². The average molecular weight is 369 g/mol. The molecule has 0 aliphatic heterocycles. The minimum atomic E-state index is -0.196. The van der Waals surface area contributed by atoms with Crippen molar-refractivity contribution in [1.29, 1.82) is 0 Å². The first-order chi connectivity index (χ1) is 10.1. The van der Waals surface area contributed by atoms with Crippen molar-refractivity contribution in [3.8, 4) is 5.75 Å². The molecule has 3 nitrogen and oxygen atoms in total. The first-order valence-electron chi connectivity index (χ1n) is 6.49. The Morgan fingerprint density at radius 1 is 1.24 bits per heavy atom. The molecule has 0 spiro atoms. The highest BCUT2D eigenvalue weighted by molar-refractivity contribution is 9.10. The summed E-state index contributed by atoms with van der Waals surface area (Å²) < 4.78 is 6.29. The molecule has 0 bridgehead atoms. The van der Waals surface area contributed by atoms with E-state index in [1.807, 2.05) is 43.3 Å². The minimum Gasteiger partial charge on any atom is -0.483 e. The molecule has 1 amide bonds. The Morgan fingerprint density at radius 3 is 2.62 bits per heavy atom. The molecule has 5 heteroatoms. The molecule has 2 aromatic rings. The zero-order chi connectivity index (χ0) is 15.2. The summed E-state index contributed by atoms with van der Waals surface area (Å²) in [7, 11) is 0. The van der Waals surface area contributed by atoms with Gasteiger partial charge in [-0.2, -0.15) is 0 Å². The largest absolute Gasteiger partial charge is 0.483 e. The van der Waals surface area contributed by atoms with Crippen molar-refractivity contribution in [1.82, 2.24) is 5.32 Å². The number of benzene rings is 2. The van der Waals surface area contributed by atoms with Gasteiger partial charge in [-0.3, -0.25) is 4.79 Å². The predicted octanol–water partition coefficient (Wildman–Crippen LogP) is 4.36. The maximum atomic E-state index is 11.9. The highest BCUT2D eigenvalue weighted by atomic mass is 79.9. The van der Waals surface area contributed by atoms with Crippen LogP contribution in [0, 0.1) is 0 Å². The fourth-order valence-corrected chi connectivity index (χ4v) is 2.59. The van der Waals surface area contributed by atoms with E-state index in [4.69, 9.17) is 16.3 Å². The van der Waals surface area contributed by atoms with Gasteiger partial charge in [-0.15, -0.1) is 0 Å². The van der Waals surface area contributed by atoms with E-state index in [0.29, 0.717) is 10.8 Å². The molecule has 0 aliphatic rings. The second kappa shape index (κ2) is 7.48. The van der Waals surface area contributed by atoms with Crippen molar-refractivity contribution < 1.29 is 9.53 Å². The molecule has 0 aromatic heterocycles. The van der Waals surface area contributed by atoms with Crippen LogP contribution in [-0.2, 0) is 4.79 Å². The molecule has 110 valence electrons. The molecule has 0 aliphatic carbocycles. The zero-order valence-electron chi connectivity index (χ0n) is 11.5. The van der Waals surface area contributed by atoms with Gasteiger partial charge < -0.3 is 10.1 Å². The van der Waals surface area contributed by atoms with Gasteiger partial charge in [-0.1, -0.05) is 41.9 Å². The first-order valence-corrected chi connectivity index (χ1v) is 7.66. The molecule has 0 radical (unpaired) electrons. The van der Waals surface area contributed by atoms with E-state index in [9.17, 15) is 4.79 Å². The average Bonchev–Trinajstić information content (AvgIpc) is 2.46. The SMILES string of the molecule is C[C@@H](NC(=O)COc1ccccc1Br)c1ccccc1Cl. The summed E-state index contributed by atoms with van der Waals surface area (Å²) >= 11 is 9.48. The number of carbonyl (C=O) groups excluding carboxylic acids is 1. The van der Waals surface area contributed by atoms with Gasteiger partial charge in [-0.05, 0) is 46.6 Å². The van der Waals surface area contributed by atoms with Crippen LogP contribution < -0.4 is 10.1 Å². The maximum absolute atomic E-state index is 11.9. The van der Waals surface area contributed by atoms with Crippen LogP contribution in [0.1, 0.15) is 18.5 Å². The summed E-state index contributed by atoms with van der Waals surface area (Å²) in [5, 5.41) is 3.50. The standard InChI is InChI=1S/C16H15BrClNO2/c1-11(12-6-2-4-8-14(12)18)19-16(20)10-21-15-9-5-3-7-13(15)17/h2-9,11H,10H2,1H3,(H,19,20)/t11-/m1/s1. The predicted molar refractivity (Wildman–Crippen MR) is 87.6 cm³/mol. The van der Waals surface area contributed by atoms with Crippen LogP contribution in [0.5, 0.6) is 5.75 Å². The third-order valence-corrected chi connectivity index (χ3v) is 3.94. The summed E-state index contributed by atoms with van der Waals surface area (Å²) in [5.41, 5.74) is 0.883. The number of para-hydroxylation sites is 1. The van der Waals surface area contributed by atoms with Crippen LogP contribution in [0.2, 0.25) is 5.02 Å². The Kier molecular flexibility index (Phi) is 5.65. The first kappa shape index (κ1) is 15.9. The lowest BCUT2D eigenvalue weighted by atomic mass is 10.1. The lowest BCUT2D eigenvalue weighted by molar-refractivity contribution is -0.123. The Labute approximate surface area is 137 Å². The quantitative estimate of drug-likeness (QED) is 0.851. The summed E-state index contributed by atoms with van der Waals surface area (Å²) in [4.78, 5) is 11.9. The van der Waals surface area contributed by atoms with E-state index in [1.54, 1.807) is 12.1 Å². The molecule has 0 fully saturated rings. The topological polar surface area (TPSA) is 38.3 Å². The molecular formula is C16H15BrClNO2. The van der Waals surface area contributed by atoms with Gasteiger partial charge in [0.2, 0.25) is 0 Å². The van der Waals surface area contributed by atoms with E-state index in [2.05, 4.69) is 21.2 Å². The second-order valence-corrected chi connectivity index (χ2v) is 5.79. The van der Waals surface area contributed by atoms with E-state index in [0.717, 1.165) is 10.0 Å². The molecule has 0 unspecified atom stereocenters. The molecule has 2 aromatic carbocycles. The Morgan fingerprint density at radius 2 is 1.90 bits per heavy atom. The normalized spacial score (nSPS) is 11.8. The monoisotopic (exact) mass is 367 g/mol. The third-order valence-electron chi connectivity index (χ3n) is 2.94. The highest BCUT2D eigenvalue weighted by Gasteiger charge is 2.13. The van der Waals surface area contributed by atoms with Crippen molar-refractivity contribution in [2.24, 2.45) is 0 Å². The summed E-state index contributed by atoms with van der Waals surface area (Å²) in [5.74, 6) is 0.441. The minimum absolute atomic E-state index is 0.0442. The van der Waals surface area contributed by atoms with Crippen LogP contribution >= 0.6 is 27.5 Å². The lowest BCUT2D eigenvalue weighted by Gasteiger charge is -2.16. The molecule has 1 N–H and O–H groups in total. The van der Waals surface area contributed by atoms with E-state index in [1.165, 1.54) is 0 Å². The smallest absolute Gasteiger partial charge is 0.258 e. The van der Waals surface area contributed by atoms with Gasteiger partial charge in [0.05, 0.1) is 10.5 Å². The number of nitrogens with one attached hydrogen (secondary N) is 1. The highest BCUT2D eigenvalue weighted by Crippen LogP contribution is 2.24. The molecule has 21 heavy (non-hydrogen) atoms. The lowest BCUT2D eigenvalue weighted by Crippen LogP contribution is -2.31. The Bertz CT molecular complexity index is 633. The Balaban J connectivity index is 1.90. The number of hydrogen-bond donors (Lipinski definition) is 1. The van der Waals surface area contributed by atoms with E-state index in [-0.39, 0.29) is 18.6 Å². The maximum Gasteiger partial charge on any atom is 0.258 e. The van der Waals surface area contributed by atoms with Gasteiger partial charge in [0.1, 0.15) is 5.75 Å². The zero-order valence-corrected chi connectivity index (χ0v) is 13.8. The number of rotatable bonds is 5. The summed E-state index contributed by atoms with van der Waals surface area (Å²) in [6.45, 7) is 1.84. The van der Waals surface area contributed by atoms with Crippen LogP contribution in [0.25, 0.3) is 0 Å². The Hall–Kier alpha value is -1.52. The summed E-state index contributed by atoms with van der Waals surface area (Å²) in [6, 6.07) is 14.7. The van der Waals surface area contributed by atoms with Crippen molar-refractivity contribution in [2.45, 2.75) is 13.0 Å². The molecule has 0 heterocycles. The second-order valence-electron chi connectivity index (χ2n) is 4.53. The van der Waals surface area contributed by atoms with Gasteiger partial charge >= 0.3 is 0 Å². The fraction of sp³-hybridized carbons (Fsp3) is 0.188. The van der Waals surface area contributed by atoms with Crippen LogP contribution in [0.4, 0.5) is 0 Å². The fourth-order valence-electron chi connectivity index (χ4n) is 1.89. The van der Waals surface area contributed by atoms with E-state index < -0.39 is 0 Å².